The summed E-state index contributed by atoms with van der Waals surface area (Å²) in [6.07, 6.45) is 0. The van der Waals surface area contributed by atoms with Gasteiger partial charge in [0.2, 0.25) is 0 Å². The number of nitrogens with one attached hydrogen (secondary N) is 1. The Morgan fingerprint density at radius 2 is 1.77 bits per heavy atom. The van der Waals surface area contributed by atoms with Crippen LogP contribution < -0.4 is 5.32 Å². The highest BCUT2D eigenvalue weighted by molar-refractivity contribution is 7.12. The van der Waals surface area contributed by atoms with Crippen LogP contribution in [0.15, 0.2) is 47.8 Å². The van der Waals surface area contributed by atoms with Crippen molar-refractivity contribution in [2.24, 2.45) is 0 Å². The first kappa shape index (κ1) is 20.4. The molecule has 0 aliphatic heterocycles. The molecule has 0 saturated carbocycles. The minimum Gasteiger partial charge on any atom is -0.304 e. The second-order valence-corrected chi connectivity index (χ2v) is 8.52. The number of carbonyl (C=O) groups excluding carboxylic acids is 1. The largest absolute Gasteiger partial charge is 0.304 e. The van der Waals surface area contributed by atoms with Crippen LogP contribution in [0.2, 0.25) is 5.02 Å². The van der Waals surface area contributed by atoms with Crippen LogP contribution in [-0.2, 0) is 13.1 Å². The van der Waals surface area contributed by atoms with Crippen molar-refractivity contribution in [3.8, 4) is 0 Å². The topological polar surface area (TPSA) is 64.7 Å². The molecule has 4 aromatic rings. The lowest BCUT2D eigenvalue weighted by atomic mass is 10.2. The molecule has 0 unspecified atom stereocenters. The van der Waals surface area contributed by atoms with Crippen molar-refractivity contribution < 1.29 is 4.79 Å². The zero-order chi connectivity index (χ0) is 21.3. The summed E-state index contributed by atoms with van der Waals surface area (Å²) in [5, 5.41) is 14.5. The lowest BCUT2D eigenvalue weighted by Crippen LogP contribution is -2.11. The van der Waals surface area contributed by atoms with Crippen LogP contribution in [-0.4, -0.2) is 25.5 Å². The van der Waals surface area contributed by atoms with E-state index in [4.69, 9.17) is 11.6 Å². The highest BCUT2D eigenvalue weighted by Gasteiger charge is 2.14. The predicted octanol–water partition coefficient (Wildman–Crippen LogP) is 5.07. The fourth-order valence-electron chi connectivity index (χ4n) is 3.25. The number of benzene rings is 1. The molecule has 1 aromatic carbocycles. The Morgan fingerprint density at radius 1 is 1.03 bits per heavy atom. The average molecular weight is 440 g/mol. The van der Waals surface area contributed by atoms with E-state index in [0.29, 0.717) is 28.8 Å². The Balaban J connectivity index is 1.43. The fourth-order valence-corrected chi connectivity index (χ4v) is 4.18. The summed E-state index contributed by atoms with van der Waals surface area (Å²) in [6, 6.07) is 13.9. The second-order valence-electron chi connectivity index (χ2n) is 7.23. The first-order valence-corrected chi connectivity index (χ1v) is 10.8. The minimum atomic E-state index is -0.165. The molecular formula is C22H22ClN5OS. The molecule has 0 aliphatic carbocycles. The zero-order valence-corrected chi connectivity index (χ0v) is 18.6. The summed E-state index contributed by atoms with van der Waals surface area (Å²) < 4.78 is 3.74. The van der Waals surface area contributed by atoms with Crippen molar-refractivity contribution in [2.45, 2.75) is 33.9 Å². The van der Waals surface area contributed by atoms with Gasteiger partial charge in [-0.15, -0.1) is 11.3 Å². The van der Waals surface area contributed by atoms with Gasteiger partial charge < -0.3 is 5.32 Å². The van der Waals surface area contributed by atoms with Gasteiger partial charge in [0.05, 0.1) is 34.4 Å². The summed E-state index contributed by atoms with van der Waals surface area (Å²) in [7, 11) is 0. The van der Waals surface area contributed by atoms with E-state index in [9.17, 15) is 4.79 Å². The van der Waals surface area contributed by atoms with Gasteiger partial charge in [0.1, 0.15) is 0 Å². The number of aryl methyl sites for hydroxylation is 2. The van der Waals surface area contributed by atoms with Crippen molar-refractivity contribution >= 4 is 34.7 Å². The SMILES string of the molecule is Cc1nn(Cc2csc(C(=O)Nc3cc(C)n(Cc4ccccc4)n3)c2)c(C)c1Cl. The summed E-state index contributed by atoms with van der Waals surface area (Å²) in [5.74, 6) is 0.385. The number of carbonyl (C=O) groups is 1. The van der Waals surface area contributed by atoms with Crippen LogP contribution >= 0.6 is 22.9 Å². The van der Waals surface area contributed by atoms with Gasteiger partial charge in [-0.3, -0.25) is 14.2 Å². The van der Waals surface area contributed by atoms with Gasteiger partial charge in [-0.1, -0.05) is 41.9 Å². The third-order valence-corrected chi connectivity index (χ3v) is 6.43. The third kappa shape index (κ3) is 4.32. The molecule has 1 amide bonds. The Bertz CT molecular complexity index is 1190. The van der Waals surface area contributed by atoms with Crippen LogP contribution in [0.3, 0.4) is 0 Å². The van der Waals surface area contributed by atoms with Gasteiger partial charge in [0.15, 0.2) is 5.82 Å². The van der Waals surface area contributed by atoms with Crippen LogP contribution in [0, 0.1) is 20.8 Å². The number of hydrogen-bond donors (Lipinski definition) is 1. The number of aromatic nitrogens is 4. The van der Waals surface area contributed by atoms with Crippen LogP contribution in [0.5, 0.6) is 0 Å². The number of rotatable bonds is 6. The number of halogens is 1. The van der Waals surface area contributed by atoms with E-state index in [0.717, 1.165) is 28.2 Å². The molecule has 0 aliphatic rings. The van der Waals surface area contributed by atoms with Gasteiger partial charge >= 0.3 is 0 Å². The molecule has 3 heterocycles. The van der Waals surface area contributed by atoms with E-state index in [-0.39, 0.29) is 5.91 Å². The van der Waals surface area contributed by atoms with E-state index >= 15 is 0 Å². The predicted molar refractivity (Wildman–Crippen MR) is 121 cm³/mol. The van der Waals surface area contributed by atoms with Gasteiger partial charge in [-0.05, 0) is 43.3 Å². The Kier molecular flexibility index (Phi) is 5.74. The van der Waals surface area contributed by atoms with Crippen molar-refractivity contribution in [1.82, 2.24) is 19.6 Å². The summed E-state index contributed by atoms with van der Waals surface area (Å²) in [4.78, 5) is 13.3. The monoisotopic (exact) mass is 439 g/mol. The van der Waals surface area contributed by atoms with E-state index in [1.54, 1.807) is 0 Å². The van der Waals surface area contributed by atoms with Gasteiger partial charge in [-0.25, -0.2) is 0 Å². The highest BCUT2D eigenvalue weighted by Crippen LogP contribution is 2.22. The molecule has 0 radical (unpaired) electrons. The van der Waals surface area contributed by atoms with E-state index in [1.165, 1.54) is 11.3 Å². The smallest absolute Gasteiger partial charge is 0.266 e. The molecule has 0 spiro atoms. The summed E-state index contributed by atoms with van der Waals surface area (Å²) in [6.45, 7) is 7.05. The molecular weight excluding hydrogens is 418 g/mol. The summed E-state index contributed by atoms with van der Waals surface area (Å²) >= 11 is 7.63. The van der Waals surface area contributed by atoms with Crippen molar-refractivity contribution in [3.05, 3.63) is 86.0 Å². The van der Waals surface area contributed by atoms with E-state index in [1.807, 2.05) is 65.8 Å². The molecule has 154 valence electrons. The fraction of sp³-hybridized carbons (Fsp3) is 0.227. The van der Waals surface area contributed by atoms with Gasteiger partial charge in [0.25, 0.3) is 5.91 Å². The van der Waals surface area contributed by atoms with E-state index < -0.39 is 0 Å². The molecule has 30 heavy (non-hydrogen) atoms. The molecule has 0 fully saturated rings. The number of amides is 1. The quantitative estimate of drug-likeness (QED) is 0.456. The number of nitrogens with zero attached hydrogens (tertiary/aromatic N) is 4. The zero-order valence-electron chi connectivity index (χ0n) is 17.0. The standard InChI is InChI=1S/C22H22ClN5OS/c1-14-9-20(26-27(14)11-17-7-5-4-6-8-17)24-22(29)19-10-18(13-30-19)12-28-16(3)21(23)15(2)25-28/h4-10,13H,11-12H2,1-3H3,(H,24,26,29). The Morgan fingerprint density at radius 3 is 2.47 bits per heavy atom. The van der Waals surface area contributed by atoms with Gasteiger partial charge in [-0.2, -0.15) is 10.2 Å². The first-order valence-electron chi connectivity index (χ1n) is 9.57. The van der Waals surface area contributed by atoms with Crippen molar-refractivity contribution in [1.29, 1.82) is 0 Å². The maximum absolute atomic E-state index is 12.7. The summed E-state index contributed by atoms with van der Waals surface area (Å²) in [5.41, 5.74) is 4.89. The van der Waals surface area contributed by atoms with Gasteiger partial charge in [0, 0.05) is 11.8 Å². The molecule has 0 bridgehead atoms. The number of anilines is 1. The molecule has 4 rings (SSSR count). The maximum Gasteiger partial charge on any atom is 0.266 e. The third-order valence-electron chi connectivity index (χ3n) is 4.90. The van der Waals surface area contributed by atoms with Crippen LogP contribution in [0.1, 0.15) is 37.9 Å². The van der Waals surface area contributed by atoms with Crippen molar-refractivity contribution in [3.63, 3.8) is 0 Å². The average Bonchev–Trinajstić information content (AvgIpc) is 3.39. The molecule has 8 heteroatoms. The molecule has 0 saturated heterocycles. The van der Waals surface area contributed by atoms with E-state index in [2.05, 4.69) is 27.6 Å². The minimum absolute atomic E-state index is 0.165. The normalized spacial score (nSPS) is 11.1. The van der Waals surface area contributed by atoms with Crippen LogP contribution in [0.4, 0.5) is 5.82 Å². The molecule has 1 N–H and O–H groups in total. The first-order chi connectivity index (χ1) is 14.4. The second kappa shape index (κ2) is 8.45. The van der Waals surface area contributed by atoms with Crippen LogP contribution in [0.25, 0.3) is 0 Å². The molecule has 6 nitrogen and oxygen atoms in total. The lowest BCUT2D eigenvalue weighted by Gasteiger charge is -2.04. The molecule has 0 atom stereocenters. The Hall–Kier alpha value is -2.90. The highest BCUT2D eigenvalue weighted by atomic mass is 35.5. The number of hydrogen-bond acceptors (Lipinski definition) is 4. The van der Waals surface area contributed by atoms with Crippen molar-refractivity contribution in [2.75, 3.05) is 5.32 Å². The molecule has 3 aromatic heterocycles. The lowest BCUT2D eigenvalue weighted by molar-refractivity contribution is 0.103. The Labute approximate surface area is 184 Å². The number of thiophene rings is 1. The maximum atomic E-state index is 12.7.